The molecule has 0 aromatic rings. The van der Waals surface area contributed by atoms with E-state index >= 15 is 0 Å². The molecule has 11 nitrogen and oxygen atoms in total. The Labute approximate surface area is 158 Å². The highest BCUT2D eigenvalue weighted by molar-refractivity contribution is 5.69. The minimum atomic E-state index is -0.970. The molecule has 0 atom stereocenters. The summed E-state index contributed by atoms with van der Waals surface area (Å²) in [4.78, 5) is 40.6. The number of aliphatic carboxylic acids is 3. The second-order valence-electron chi connectivity index (χ2n) is 6.55. The lowest BCUT2D eigenvalue weighted by Gasteiger charge is -2.32. The molecule has 11 heteroatoms. The van der Waals surface area contributed by atoms with Crippen molar-refractivity contribution in [3.8, 4) is 0 Å². The summed E-state index contributed by atoms with van der Waals surface area (Å²) in [7, 11) is 1.57. The highest BCUT2D eigenvalue weighted by atomic mass is 16.5. The molecule has 1 heterocycles. The van der Waals surface area contributed by atoms with Crippen LogP contribution in [0.3, 0.4) is 0 Å². The predicted molar refractivity (Wildman–Crippen MR) is 95.7 cm³/mol. The number of carbonyl (C=O) groups is 3. The van der Waals surface area contributed by atoms with Gasteiger partial charge in [0.05, 0.1) is 26.4 Å². The van der Waals surface area contributed by atoms with Gasteiger partial charge in [0, 0.05) is 59.5 Å². The van der Waals surface area contributed by atoms with E-state index < -0.39 is 17.9 Å². The van der Waals surface area contributed by atoms with Crippen LogP contribution >= 0.6 is 0 Å². The molecule has 0 amide bonds. The first-order chi connectivity index (χ1) is 12.8. The molecular formula is C16H30N4O7. The van der Waals surface area contributed by atoms with E-state index in [0.717, 1.165) is 0 Å². The van der Waals surface area contributed by atoms with Gasteiger partial charge in [-0.3, -0.25) is 34.0 Å². The van der Waals surface area contributed by atoms with Crippen LogP contribution in [0, 0.1) is 0 Å². The van der Waals surface area contributed by atoms with Crippen molar-refractivity contribution in [2.75, 3.05) is 85.8 Å². The van der Waals surface area contributed by atoms with Crippen molar-refractivity contribution in [2.24, 2.45) is 0 Å². The molecule has 0 aliphatic carbocycles. The summed E-state index contributed by atoms with van der Waals surface area (Å²) in [6.45, 7) is 3.71. The fraction of sp³-hybridized carbons (Fsp3) is 0.812. The molecule has 1 fully saturated rings. The zero-order chi connectivity index (χ0) is 20.2. The molecule has 0 radical (unpaired) electrons. The van der Waals surface area contributed by atoms with Crippen molar-refractivity contribution in [2.45, 2.75) is 0 Å². The number of ether oxygens (including phenoxy) is 1. The van der Waals surface area contributed by atoms with Crippen LogP contribution in [-0.2, 0) is 19.1 Å². The number of rotatable bonds is 8. The van der Waals surface area contributed by atoms with Gasteiger partial charge in [0.1, 0.15) is 0 Å². The summed E-state index contributed by atoms with van der Waals surface area (Å²) < 4.78 is 5.18. The Morgan fingerprint density at radius 1 is 0.630 bits per heavy atom. The lowest BCUT2D eigenvalue weighted by Crippen LogP contribution is -2.48. The zero-order valence-corrected chi connectivity index (χ0v) is 15.7. The van der Waals surface area contributed by atoms with Crippen LogP contribution in [0.2, 0.25) is 0 Å². The van der Waals surface area contributed by atoms with Gasteiger partial charge in [0.25, 0.3) is 0 Å². The topological polar surface area (TPSA) is 134 Å². The lowest BCUT2D eigenvalue weighted by atomic mass is 10.3. The van der Waals surface area contributed by atoms with Crippen molar-refractivity contribution >= 4 is 17.9 Å². The molecule has 0 aromatic carbocycles. The van der Waals surface area contributed by atoms with E-state index in [0.29, 0.717) is 59.1 Å². The van der Waals surface area contributed by atoms with Gasteiger partial charge in [0.15, 0.2) is 0 Å². The summed E-state index contributed by atoms with van der Waals surface area (Å²) in [5, 5.41) is 27.3. The molecule has 3 N–H and O–H groups in total. The Hall–Kier alpha value is -1.79. The lowest BCUT2D eigenvalue weighted by molar-refractivity contribution is -0.140. The Balaban J connectivity index is 2.85. The molecule has 0 unspecified atom stereocenters. The third kappa shape index (κ3) is 10.8. The van der Waals surface area contributed by atoms with Crippen molar-refractivity contribution in [1.29, 1.82) is 0 Å². The maximum Gasteiger partial charge on any atom is 0.317 e. The number of methoxy groups -OCH3 is 1. The number of carboxylic acid groups (broad SMARTS) is 3. The van der Waals surface area contributed by atoms with E-state index in [-0.39, 0.29) is 19.6 Å². The monoisotopic (exact) mass is 390 g/mol. The summed E-state index contributed by atoms with van der Waals surface area (Å²) in [5.74, 6) is -2.83. The fourth-order valence-electron chi connectivity index (χ4n) is 2.94. The average molecular weight is 390 g/mol. The third-order valence-corrected chi connectivity index (χ3v) is 4.32. The van der Waals surface area contributed by atoms with E-state index in [9.17, 15) is 14.4 Å². The first-order valence-corrected chi connectivity index (χ1v) is 8.84. The number of carboxylic acids is 3. The second kappa shape index (κ2) is 12.6. The van der Waals surface area contributed by atoms with E-state index in [1.54, 1.807) is 21.8 Å². The van der Waals surface area contributed by atoms with Crippen LogP contribution in [0.15, 0.2) is 0 Å². The van der Waals surface area contributed by atoms with Gasteiger partial charge in [-0.1, -0.05) is 0 Å². The van der Waals surface area contributed by atoms with Gasteiger partial charge < -0.3 is 20.1 Å². The normalized spacial score (nSPS) is 19.9. The number of hydrogen-bond acceptors (Lipinski definition) is 8. The minimum absolute atomic E-state index is 0.118. The van der Waals surface area contributed by atoms with Gasteiger partial charge in [-0.15, -0.1) is 0 Å². The zero-order valence-electron chi connectivity index (χ0n) is 15.7. The summed E-state index contributed by atoms with van der Waals surface area (Å²) >= 11 is 0. The van der Waals surface area contributed by atoms with Crippen molar-refractivity contribution < 1.29 is 34.4 Å². The molecular weight excluding hydrogens is 360 g/mol. The molecule has 1 aliphatic heterocycles. The van der Waals surface area contributed by atoms with Crippen molar-refractivity contribution in [3.05, 3.63) is 0 Å². The summed E-state index contributed by atoms with van der Waals surface area (Å²) in [5.41, 5.74) is 0. The van der Waals surface area contributed by atoms with Crippen LogP contribution in [0.25, 0.3) is 0 Å². The van der Waals surface area contributed by atoms with Gasteiger partial charge in [0.2, 0.25) is 0 Å². The van der Waals surface area contributed by atoms with Gasteiger partial charge in [-0.2, -0.15) is 0 Å². The maximum atomic E-state index is 11.1. The first kappa shape index (κ1) is 23.2. The molecule has 1 rings (SSSR count). The van der Waals surface area contributed by atoms with Gasteiger partial charge in [-0.25, -0.2) is 0 Å². The largest absolute Gasteiger partial charge is 0.480 e. The molecule has 0 aromatic heterocycles. The molecule has 0 saturated carbocycles. The number of hydrogen-bond donors (Lipinski definition) is 3. The van der Waals surface area contributed by atoms with E-state index in [2.05, 4.69) is 0 Å². The highest BCUT2D eigenvalue weighted by Gasteiger charge is 2.19. The van der Waals surface area contributed by atoms with Crippen LogP contribution in [0.4, 0.5) is 0 Å². The van der Waals surface area contributed by atoms with E-state index in [1.165, 1.54) is 0 Å². The Morgan fingerprint density at radius 2 is 0.889 bits per heavy atom. The Kier molecular flexibility index (Phi) is 10.8. The molecule has 1 saturated heterocycles. The second-order valence-corrected chi connectivity index (χ2v) is 6.55. The standard InChI is InChI=1S/C16H30N4O7/c1-27-13-20-8-6-18(11-15(23)24)4-2-17(10-14(21)22)3-5-19(7-9-20)12-16(25)26/h2-13H2,1H3,(H,21,22)(H,23,24)(H,25,26). The molecule has 27 heavy (non-hydrogen) atoms. The summed E-state index contributed by atoms with van der Waals surface area (Å²) in [6.07, 6.45) is 0. The van der Waals surface area contributed by atoms with Gasteiger partial charge in [-0.05, 0) is 0 Å². The predicted octanol–water partition coefficient (Wildman–Crippen LogP) is -1.93. The van der Waals surface area contributed by atoms with Crippen LogP contribution < -0.4 is 0 Å². The van der Waals surface area contributed by atoms with Crippen LogP contribution in [0.1, 0.15) is 0 Å². The average Bonchev–Trinajstić information content (AvgIpc) is 2.56. The minimum Gasteiger partial charge on any atom is -0.480 e. The molecule has 0 spiro atoms. The van der Waals surface area contributed by atoms with Gasteiger partial charge >= 0.3 is 17.9 Å². The third-order valence-electron chi connectivity index (χ3n) is 4.32. The molecule has 1 aliphatic rings. The molecule has 156 valence electrons. The smallest absolute Gasteiger partial charge is 0.317 e. The Bertz CT molecular complexity index is 459. The molecule has 0 bridgehead atoms. The SMILES string of the molecule is COCN1CCN(CC(=O)O)CCN(CC(=O)O)CCN(CC(=O)O)CC1. The first-order valence-electron chi connectivity index (χ1n) is 8.84. The van der Waals surface area contributed by atoms with Crippen LogP contribution in [0.5, 0.6) is 0 Å². The van der Waals surface area contributed by atoms with Crippen LogP contribution in [-0.4, -0.2) is 139 Å². The van der Waals surface area contributed by atoms with E-state index in [1.807, 2.05) is 4.90 Å². The summed E-state index contributed by atoms with van der Waals surface area (Å²) in [6, 6.07) is 0. The maximum absolute atomic E-state index is 11.1. The highest BCUT2D eigenvalue weighted by Crippen LogP contribution is 2.01. The van der Waals surface area contributed by atoms with E-state index in [4.69, 9.17) is 20.1 Å². The Morgan fingerprint density at radius 3 is 1.11 bits per heavy atom. The quantitative estimate of drug-likeness (QED) is 0.427. The number of nitrogens with zero attached hydrogens (tertiary/aromatic N) is 4. The van der Waals surface area contributed by atoms with Crippen molar-refractivity contribution in [3.63, 3.8) is 0 Å². The fourth-order valence-corrected chi connectivity index (χ4v) is 2.94. The van der Waals surface area contributed by atoms with Crippen molar-refractivity contribution in [1.82, 2.24) is 19.6 Å².